The number of rotatable bonds is 8. The van der Waals surface area contributed by atoms with Gasteiger partial charge in [-0.2, -0.15) is 0 Å². The number of amides is 3. The number of benzene rings is 1. The molecule has 1 aromatic carbocycles. The first-order valence-electron chi connectivity index (χ1n) is 10.6. The van der Waals surface area contributed by atoms with Crippen LogP contribution < -0.4 is 10.6 Å². The summed E-state index contributed by atoms with van der Waals surface area (Å²) >= 11 is 0. The molecular weight excluding hydrogens is 422 g/mol. The number of hydrogen-bond donors (Lipinski definition) is 3. The third-order valence-electron chi connectivity index (χ3n) is 4.25. The van der Waals surface area contributed by atoms with Gasteiger partial charge in [-0.1, -0.05) is 30.2 Å². The first-order valence-corrected chi connectivity index (χ1v) is 10.6. The lowest BCUT2D eigenvalue weighted by Crippen LogP contribution is -2.55. The van der Waals surface area contributed by atoms with Crippen molar-refractivity contribution in [3.05, 3.63) is 48.0 Å². The van der Waals surface area contributed by atoms with Crippen LogP contribution in [0, 0.1) is 12.3 Å². The number of alkyl carbamates (subject to hydrolysis) is 1. The van der Waals surface area contributed by atoms with Crippen LogP contribution in [0.5, 0.6) is 0 Å². The van der Waals surface area contributed by atoms with Crippen LogP contribution in [-0.2, 0) is 14.3 Å². The second-order valence-corrected chi connectivity index (χ2v) is 9.53. The van der Waals surface area contributed by atoms with Gasteiger partial charge in [-0.3, -0.25) is 9.59 Å². The van der Waals surface area contributed by atoms with Crippen molar-refractivity contribution in [2.45, 2.75) is 64.8 Å². The molecule has 8 heteroatoms. The van der Waals surface area contributed by atoms with Gasteiger partial charge in [0, 0.05) is 17.6 Å². The normalized spacial score (nSPS) is 13.2. The van der Waals surface area contributed by atoms with Crippen molar-refractivity contribution in [3.8, 4) is 12.3 Å². The monoisotopic (exact) mass is 457 g/mol. The second-order valence-electron chi connectivity index (χ2n) is 9.53. The van der Waals surface area contributed by atoms with Gasteiger partial charge in [0.15, 0.2) is 0 Å². The van der Waals surface area contributed by atoms with E-state index in [1.54, 1.807) is 45.0 Å². The third kappa shape index (κ3) is 8.62. The molecule has 1 aromatic rings. The van der Waals surface area contributed by atoms with E-state index in [0.717, 1.165) is 0 Å². The Morgan fingerprint density at radius 1 is 1.21 bits per heavy atom. The summed E-state index contributed by atoms with van der Waals surface area (Å²) in [5.74, 6) is 1.39. The van der Waals surface area contributed by atoms with Crippen LogP contribution in [0.15, 0.2) is 36.9 Å². The molecule has 0 saturated carbocycles. The molecule has 33 heavy (non-hydrogen) atoms. The lowest BCUT2D eigenvalue weighted by molar-refractivity contribution is -0.143. The van der Waals surface area contributed by atoms with Gasteiger partial charge in [0.2, 0.25) is 11.8 Å². The average molecular weight is 458 g/mol. The van der Waals surface area contributed by atoms with Crippen molar-refractivity contribution < 1.29 is 24.2 Å². The predicted molar refractivity (Wildman–Crippen MR) is 127 cm³/mol. The average Bonchev–Trinajstić information content (AvgIpc) is 2.68. The highest BCUT2D eigenvalue weighted by atomic mass is 16.6. The number of hydrogen-bond acceptors (Lipinski definition) is 5. The third-order valence-corrected chi connectivity index (χ3v) is 4.25. The van der Waals surface area contributed by atoms with Crippen LogP contribution in [0.2, 0.25) is 0 Å². The van der Waals surface area contributed by atoms with E-state index >= 15 is 0 Å². The summed E-state index contributed by atoms with van der Waals surface area (Å²) in [7, 11) is 0. The van der Waals surface area contributed by atoms with E-state index < -0.39 is 47.7 Å². The second kappa shape index (κ2) is 11.5. The molecule has 180 valence electrons. The molecular formula is C25H35N3O5. The maximum absolute atomic E-state index is 13.5. The Morgan fingerprint density at radius 3 is 2.30 bits per heavy atom. The predicted octanol–water partition coefficient (Wildman–Crippen LogP) is 2.52. The van der Waals surface area contributed by atoms with Crippen molar-refractivity contribution in [1.82, 2.24) is 15.5 Å². The summed E-state index contributed by atoms with van der Waals surface area (Å²) in [6.07, 6.45) is 6.24. The van der Waals surface area contributed by atoms with Crippen LogP contribution in [0.4, 0.5) is 4.79 Å². The van der Waals surface area contributed by atoms with E-state index in [9.17, 15) is 19.5 Å². The van der Waals surface area contributed by atoms with E-state index in [2.05, 4.69) is 23.1 Å². The first-order chi connectivity index (χ1) is 15.2. The molecule has 3 N–H and O–H groups in total. The number of carbonyl (C=O) groups is 3. The Bertz CT molecular complexity index is 906. The molecule has 0 saturated heterocycles. The Morgan fingerprint density at radius 2 is 1.82 bits per heavy atom. The topological polar surface area (TPSA) is 108 Å². The molecule has 0 spiro atoms. The number of ether oxygens (including phenoxy) is 1. The lowest BCUT2D eigenvalue weighted by Gasteiger charge is -2.35. The summed E-state index contributed by atoms with van der Waals surface area (Å²) in [4.78, 5) is 40.3. The van der Waals surface area contributed by atoms with E-state index in [4.69, 9.17) is 11.2 Å². The first kappa shape index (κ1) is 27.7. The summed E-state index contributed by atoms with van der Waals surface area (Å²) in [5, 5.41) is 15.1. The minimum Gasteiger partial charge on any atom is -0.444 e. The molecule has 0 aromatic heterocycles. The number of carbonyl (C=O) groups excluding carboxylic acids is 3. The molecule has 0 fully saturated rings. The summed E-state index contributed by atoms with van der Waals surface area (Å²) in [6.45, 7) is 13.4. The Labute approximate surface area is 196 Å². The molecule has 0 aliphatic heterocycles. The fraction of sp³-hybridized carbons (Fsp3) is 0.480. The van der Waals surface area contributed by atoms with Crippen molar-refractivity contribution in [3.63, 3.8) is 0 Å². The van der Waals surface area contributed by atoms with Crippen LogP contribution in [-0.4, -0.2) is 58.2 Å². The molecule has 2 atom stereocenters. The molecule has 3 amide bonds. The fourth-order valence-electron chi connectivity index (χ4n) is 3.05. The highest BCUT2D eigenvalue weighted by molar-refractivity contribution is 5.93. The molecule has 0 aliphatic rings. The highest BCUT2D eigenvalue weighted by Gasteiger charge is 2.37. The van der Waals surface area contributed by atoms with Gasteiger partial charge >= 0.3 is 6.09 Å². The standard InChI is InChI=1S/C25H35N3O5/c1-9-15-28(22(31)19(16-29)26-23(32)33-25(6,7)8)20(21(30)27-24(3,4)5)18-14-12-11-13-17(18)10-2/h2,9,11-14,19-20,29H,1,15-16H2,3-8H3,(H,26,32)(H,27,30). The Hall–Kier alpha value is -3.31. The quantitative estimate of drug-likeness (QED) is 0.411. The number of nitrogens with zero attached hydrogens (tertiary/aromatic N) is 1. The molecule has 8 nitrogen and oxygen atoms in total. The maximum Gasteiger partial charge on any atom is 0.408 e. The van der Waals surface area contributed by atoms with Gasteiger partial charge in [0.25, 0.3) is 0 Å². The summed E-state index contributed by atoms with van der Waals surface area (Å²) < 4.78 is 5.20. The molecule has 0 aliphatic carbocycles. The lowest BCUT2D eigenvalue weighted by atomic mass is 9.96. The Kier molecular flexibility index (Phi) is 9.68. The van der Waals surface area contributed by atoms with Crippen LogP contribution in [0.3, 0.4) is 0 Å². The van der Waals surface area contributed by atoms with Crippen molar-refractivity contribution >= 4 is 17.9 Å². The van der Waals surface area contributed by atoms with Gasteiger partial charge < -0.3 is 25.4 Å². The van der Waals surface area contributed by atoms with E-state index in [1.165, 1.54) is 11.0 Å². The van der Waals surface area contributed by atoms with Crippen molar-refractivity contribution in [2.75, 3.05) is 13.2 Å². The number of aliphatic hydroxyl groups excluding tert-OH is 1. The minimum atomic E-state index is -1.34. The highest BCUT2D eigenvalue weighted by Crippen LogP contribution is 2.26. The van der Waals surface area contributed by atoms with E-state index in [-0.39, 0.29) is 6.54 Å². The van der Waals surface area contributed by atoms with Crippen LogP contribution in [0.1, 0.15) is 58.7 Å². The number of aliphatic hydroxyl groups is 1. The fourth-order valence-corrected chi connectivity index (χ4v) is 3.05. The van der Waals surface area contributed by atoms with Gasteiger partial charge in [-0.15, -0.1) is 13.0 Å². The molecule has 0 bridgehead atoms. The number of nitrogens with one attached hydrogen (secondary N) is 2. The largest absolute Gasteiger partial charge is 0.444 e. The minimum absolute atomic E-state index is 0.0353. The smallest absolute Gasteiger partial charge is 0.408 e. The van der Waals surface area contributed by atoms with Crippen LogP contribution in [0.25, 0.3) is 0 Å². The van der Waals surface area contributed by atoms with Crippen molar-refractivity contribution in [2.24, 2.45) is 0 Å². The van der Waals surface area contributed by atoms with E-state index in [1.807, 2.05) is 20.8 Å². The zero-order valence-corrected chi connectivity index (χ0v) is 20.3. The van der Waals surface area contributed by atoms with Gasteiger partial charge in [-0.25, -0.2) is 4.79 Å². The summed E-state index contributed by atoms with van der Waals surface area (Å²) in [5.41, 5.74) is -0.511. The molecule has 2 unspecified atom stereocenters. The Balaban J connectivity index is 3.46. The van der Waals surface area contributed by atoms with Gasteiger partial charge in [0.05, 0.1) is 6.61 Å². The summed E-state index contributed by atoms with van der Waals surface area (Å²) in [6, 6.07) is 4.32. The number of terminal acetylenes is 1. The van der Waals surface area contributed by atoms with Gasteiger partial charge in [-0.05, 0) is 53.2 Å². The molecule has 0 heterocycles. The van der Waals surface area contributed by atoms with Crippen LogP contribution >= 0.6 is 0 Å². The van der Waals surface area contributed by atoms with Gasteiger partial charge in [0.1, 0.15) is 17.7 Å². The molecule has 1 rings (SSSR count). The van der Waals surface area contributed by atoms with E-state index in [0.29, 0.717) is 11.1 Å². The zero-order chi connectivity index (χ0) is 25.4. The zero-order valence-electron chi connectivity index (χ0n) is 20.3. The molecule has 0 radical (unpaired) electrons. The van der Waals surface area contributed by atoms with Crippen molar-refractivity contribution in [1.29, 1.82) is 0 Å². The SMILES string of the molecule is C#Cc1ccccc1C(C(=O)NC(C)(C)C)N(CC=C)C(=O)C(CO)NC(=O)OC(C)(C)C. The maximum atomic E-state index is 13.5.